The summed E-state index contributed by atoms with van der Waals surface area (Å²) in [4.78, 5) is 65.5. The first-order valence-corrected chi connectivity index (χ1v) is 24.3. The average Bonchev–Trinajstić information content (AvgIpc) is 3.86. The van der Waals surface area contributed by atoms with Crippen molar-refractivity contribution < 1.29 is 33.8 Å². The maximum absolute atomic E-state index is 14.8. The van der Waals surface area contributed by atoms with E-state index in [9.17, 15) is 24.3 Å². The van der Waals surface area contributed by atoms with Gasteiger partial charge in [0.1, 0.15) is 17.8 Å². The summed E-state index contributed by atoms with van der Waals surface area (Å²) in [6.07, 6.45) is 5.03. The van der Waals surface area contributed by atoms with Crippen LogP contribution in [0.1, 0.15) is 90.2 Å². The summed E-state index contributed by atoms with van der Waals surface area (Å²) in [5.74, 6) is -0.907. The summed E-state index contributed by atoms with van der Waals surface area (Å²) < 4.78 is 14.3. The van der Waals surface area contributed by atoms with E-state index in [0.717, 1.165) is 70.5 Å². The summed E-state index contributed by atoms with van der Waals surface area (Å²) >= 11 is 0. The minimum Gasteiger partial charge on any atom is -0.508 e. The highest BCUT2D eigenvalue weighted by molar-refractivity contribution is 5.96. The van der Waals surface area contributed by atoms with Gasteiger partial charge < -0.3 is 34.7 Å². The highest BCUT2D eigenvalue weighted by atomic mass is 16.5. The molecule has 4 N–H and O–H groups in total. The Hall–Kier alpha value is -5.35. The third kappa shape index (κ3) is 9.44. The molecular formula is C52H68N8O7. The van der Waals surface area contributed by atoms with Crippen LogP contribution in [0.15, 0.2) is 54.7 Å². The van der Waals surface area contributed by atoms with Crippen molar-refractivity contribution in [2.24, 2.45) is 16.7 Å². The fourth-order valence-corrected chi connectivity index (χ4v) is 11.3. The lowest BCUT2D eigenvalue weighted by Gasteiger charge is -2.37. The smallest absolute Gasteiger partial charge is 0.324 e. The van der Waals surface area contributed by atoms with Gasteiger partial charge in [-0.1, -0.05) is 39.8 Å². The molecule has 6 atom stereocenters. The maximum Gasteiger partial charge on any atom is 0.324 e. The van der Waals surface area contributed by atoms with Gasteiger partial charge in [0.15, 0.2) is 0 Å². The van der Waals surface area contributed by atoms with Gasteiger partial charge in [0.25, 0.3) is 5.91 Å². The number of nitrogens with one attached hydrogen (secondary N) is 3. The van der Waals surface area contributed by atoms with Crippen LogP contribution in [-0.2, 0) is 48.0 Å². The van der Waals surface area contributed by atoms with E-state index < -0.39 is 29.5 Å². The van der Waals surface area contributed by atoms with Gasteiger partial charge >= 0.3 is 5.97 Å². The Balaban J connectivity index is 1.09. The molecule has 15 heteroatoms. The molecule has 1 unspecified atom stereocenters. The zero-order chi connectivity index (χ0) is 47.4. The monoisotopic (exact) mass is 917 g/mol. The number of methoxy groups -OCH3 is 1. The first-order valence-electron chi connectivity index (χ1n) is 24.3. The molecule has 67 heavy (non-hydrogen) atoms. The molecule has 2 aromatic heterocycles. The lowest BCUT2D eigenvalue weighted by atomic mass is 9.84. The number of carbonyl (C=O) groups excluding carboxylic acids is 4. The highest BCUT2D eigenvalue weighted by Crippen LogP contribution is 2.43. The number of cyclic esters (lactones) is 1. The third-order valence-electron chi connectivity index (χ3n) is 14.9. The second-order valence-corrected chi connectivity index (χ2v) is 20.9. The Morgan fingerprint density at radius 2 is 1.82 bits per heavy atom. The Kier molecular flexibility index (Phi) is 13.0. The molecule has 4 fully saturated rings. The van der Waals surface area contributed by atoms with E-state index in [1.807, 2.05) is 37.8 Å². The largest absolute Gasteiger partial charge is 0.508 e. The van der Waals surface area contributed by atoms with Gasteiger partial charge in [-0.05, 0) is 117 Å². The second kappa shape index (κ2) is 18.6. The van der Waals surface area contributed by atoms with Gasteiger partial charge in [-0.3, -0.25) is 34.1 Å². The average molecular weight is 917 g/mol. The van der Waals surface area contributed by atoms with E-state index in [0.29, 0.717) is 57.5 Å². The number of fused-ring (bicyclic) bond motifs is 6. The Bertz CT molecular complexity index is 2550. The molecule has 3 amide bonds. The molecule has 7 heterocycles. The number of esters is 1. The van der Waals surface area contributed by atoms with Gasteiger partial charge in [0.2, 0.25) is 11.8 Å². The minimum absolute atomic E-state index is 0.0455. The number of phenolic OH excluding ortho intramolecular Hbond substituents is 1. The summed E-state index contributed by atoms with van der Waals surface area (Å²) in [5, 5.41) is 20.2. The van der Waals surface area contributed by atoms with Crippen LogP contribution >= 0.6 is 0 Å². The number of aromatic nitrogens is 2. The quantitative estimate of drug-likeness (QED) is 0.125. The molecule has 4 saturated heterocycles. The number of benzene rings is 2. The number of hydrazine groups is 1. The molecular weight excluding hydrogens is 849 g/mol. The molecule has 0 radical (unpaired) electrons. The summed E-state index contributed by atoms with van der Waals surface area (Å²) in [6, 6.07) is 13.4. The molecule has 4 aromatic rings. The summed E-state index contributed by atoms with van der Waals surface area (Å²) in [6.45, 7) is 17.1. The van der Waals surface area contributed by atoms with Gasteiger partial charge in [-0.15, -0.1) is 0 Å². The van der Waals surface area contributed by atoms with E-state index in [1.54, 1.807) is 25.4 Å². The molecule has 5 aliphatic heterocycles. The van der Waals surface area contributed by atoms with E-state index in [-0.39, 0.29) is 60.0 Å². The molecule has 9 rings (SSSR count). The first kappa shape index (κ1) is 46.7. The number of pyridine rings is 1. The molecule has 15 nitrogen and oxygen atoms in total. The third-order valence-corrected chi connectivity index (χ3v) is 14.9. The minimum atomic E-state index is -1.02. The van der Waals surface area contributed by atoms with Crippen molar-refractivity contribution in [1.82, 2.24) is 40.4 Å². The Labute approximate surface area is 393 Å². The Morgan fingerprint density at radius 1 is 1.03 bits per heavy atom. The van der Waals surface area contributed by atoms with Gasteiger partial charge in [0.05, 0.1) is 36.2 Å². The van der Waals surface area contributed by atoms with Crippen LogP contribution in [0.25, 0.3) is 33.3 Å². The predicted octanol–water partition coefficient (Wildman–Crippen LogP) is 5.37. The van der Waals surface area contributed by atoms with Crippen LogP contribution in [0.4, 0.5) is 0 Å². The second-order valence-electron chi connectivity index (χ2n) is 20.9. The van der Waals surface area contributed by atoms with Crippen molar-refractivity contribution in [2.45, 2.75) is 117 Å². The topological polar surface area (TPSA) is 181 Å². The Morgan fingerprint density at radius 3 is 2.57 bits per heavy atom. The lowest BCUT2D eigenvalue weighted by Crippen LogP contribution is -2.62. The molecule has 0 aliphatic carbocycles. The molecule has 1 spiro atoms. The predicted molar refractivity (Wildman–Crippen MR) is 256 cm³/mol. The number of rotatable bonds is 9. The van der Waals surface area contributed by atoms with Crippen molar-refractivity contribution in [1.29, 1.82) is 0 Å². The van der Waals surface area contributed by atoms with Crippen LogP contribution < -0.4 is 16.1 Å². The zero-order valence-electron chi connectivity index (χ0n) is 40.2. The molecule has 6 bridgehead atoms. The number of amides is 3. The number of nitrogens with zero attached hydrogens (tertiary/aromatic N) is 5. The molecule has 358 valence electrons. The standard InChI is InChI=1S/C52H68N8O7/c1-8-59-43-14-13-34-25-38(43)39(46(59)37-11-9-17-53-44(37)32(4)66-7)26-51(5,6)30-67-50(65)40-12-10-18-60(56-40)49(64)41(23-33-21-35(34)24-36(61)22-33)55-47(62)45(31(2)3)57-19-15-52(28-57)16-20-58(29-52)48(63)42-27-54-42/h9,11,13-14,17,21-22,24-25,31-32,40-42,45,54,56,61H,8,10,12,15-16,18-20,23,26-30H2,1-7H3,(H,55,62)/t32-,40-,41-,42+,45?,52-/m0/s1. The van der Waals surface area contributed by atoms with E-state index in [1.165, 1.54) is 5.01 Å². The number of carbonyl (C=O) groups is 4. The van der Waals surface area contributed by atoms with Crippen LogP contribution in [0, 0.1) is 16.7 Å². The SMILES string of the molecule is CCn1c(-c2cccnc2[C@H](C)OC)c2c3cc(ccc31)-c1cc(O)cc(c1)C[C@H](NC(=O)C(C(C)C)N1CC[C@]3(CCN(C(=O)[C@H]4CN4)C3)C1)C(=O)N1CCC[C@H](N1)C(=O)OCC(C)(C)C2. The zero-order valence-corrected chi connectivity index (χ0v) is 40.2. The van der Waals surface area contributed by atoms with Crippen LogP contribution in [-0.4, -0.2) is 130 Å². The normalized spacial score (nSPS) is 25.3. The number of hydrogen-bond donors (Lipinski definition) is 4. The van der Waals surface area contributed by atoms with Crippen molar-refractivity contribution in [3.05, 3.63) is 71.5 Å². The number of hydrogen-bond acceptors (Lipinski definition) is 11. The van der Waals surface area contributed by atoms with Crippen molar-refractivity contribution in [3.8, 4) is 28.1 Å². The maximum atomic E-state index is 14.8. The van der Waals surface area contributed by atoms with Gasteiger partial charge in [-0.2, -0.15) is 0 Å². The summed E-state index contributed by atoms with van der Waals surface area (Å²) in [5.41, 5.74) is 9.89. The fraction of sp³-hybridized carbons (Fsp3) is 0.558. The van der Waals surface area contributed by atoms with E-state index in [4.69, 9.17) is 14.5 Å². The highest BCUT2D eigenvalue weighted by Gasteiger charge is 2.49. The van der Waals surface area contributed by atoms with Crippen LogP contribution in [0.2, 0.25) is 0 Å². The van der Waals surface area contributed by atoms with Crippen molar-refractivity contribution in [3.63, 3.8) is 0 Å². The fourth-order valence-electron chi connectivity index (χ4n) is 11.3. The summed E-state index contributed by atoms with van der Waals surface area (Å²) in [7, 11) is 1.69. The molecule has 5 aliphatic rings. The van der Waals surface area contributed by atoms with Gasteiger partial charge in [0, 0.05) is 86.3 Å². The number of phenols is 1. The van der Waals surface area contributed by atoms with Crippen LogP contribution in [0.3, 0.4) is 0 Å². The van der Waals surface area contributed by atoms with Crippen molar-refractivity contribution >= 4 is 34.6 Å². The van der Waals surface area contributed by atoms with Crippen molar-refractivity contribution in [2.75, 3.05) is 53.0 Å². The molecule has 0 saturated carbocycles. The van der Waals surface area contributed by atoms with E-state index >= 15 is 0 Å². The number of ether oxygens (including phenoxy) is 2. The lowest BCUT2D eigenvalue weighted by molar-refractivity contribution is -0.155. The number of likely N-dealkylation sites (tertiary alicyclic amines) is 2. The number of aromatic hydroxyl groups is 1. The van der Waals surface area contributed by atoms with Gasteiger partial charge in [-0.25, -0.2) is 5.43 Å². The number of aryl methyl sites for hydroxylation is 1. The first-order chi connectivity index (χ1) is 32.1. The van der Waals surface area contributed by atoms with Crippen LogP contribution in [0.5, 0.6) is 5.75 Å². The molecule has 2 aromatic carbocycles. The van der Waals surface area contributed by atoms with E-state index in [2.05, 4.69) is 70.6 Å².